The summed E-state index contributed by atoms with van der Waals surface area (Å²) in [5, 5.41) is 0. The Morgan fingerprint density at radius 2 is 1.31 bits per heavy atom. The molecule has 1 aliphatic heterocycles. The third-order valence-corrected chi connectivity index (χ3v) is 9.44. The number of rotatable bonds is 7. The van der Waals surface area contributed by atoms with E-state index in [1.807, 2.05) is 18.2 Å². The smallest absolute Gasteiger partial charge is 0.162 e. The van der Waals surface area contributed by atoms with Crippen molar-refractivity contribution in [3.8, 4) is 0 Å². The van der Waals surface area contributed by atoms with Gasteiger partial charge >= 0.3 is 0 Å². The highest BCUT2D eigenvalue weighted by Gasteiger charge is 2.41. The molecule has 1 aromatic carbocycles. The van der Waals surface area contributed by atoms with Gasteiger partial charge in [-0.05, 0) is 112 Å². The van der Waals surface area contributed by atoms with Gasteiger partial charge in [0.1, 0.15) is 11.7 Å². The molecule has 192 valence electrons. The summed E-state index contributed by atoms with van der Waals surface area (Å²) in [6.45, 7) is 4.41. The zero-order chi connectivity index (χ0) is 24.5. The number of epoxide rings is 1. The van der Waals surface area contributed by atoms with Gasteiger partial charge in [0.25, 0.3) is 0 Å². The zero-order valence-corrected chi connectivity index (χ0v) is 20.6. The number of ether oxygens (including phenoxy) is 1. The van der Waals surface area contributed by atoms with Crippen LogP contribution in [0.5, 0.6) is 0 Å². The molecule has 5 rings (SSSR count). The molecule has 3 unspecified atom stereocenters. The molecule has 0 N–H and O–H groups in total. The summed E-state index contributed by atoms with van der Waals surface area (Å²) in [6.07, 6.45) is 12.0. The molecule has 2 saturated carbocycles. The molecule has 3 aliphatic carbocycles. The van der Waals surface area contributed by atoms with E-state index in [1.165, 1.54) is 0 Å². The number of hydrogen-bond donors (Lipinski definition) is 0. The van der Waals surface area contributed by atoms with Gasteiger partial charge in [-0.2, -0.15) is 0 Å². The van der Waals surface area contributed by atoms with E-state index in [1.54, 1.807) is 0 Å². The lowest BCUT2D eigenvalue weighted by molar-refractivity contribution is 0.225. The second-order valence-electron chi connectivity index (χ2n) is 11.5. The van der Waals surface area contributed by atoms with E-state index in [4.69, 9.17) is 4.74 Å². The summed E-state index contributed by atoms with van der Waals surface area (Å²) in [6, 6.07) is 3.65. The molecule has 0 spiro atoms. The fraction of sp³-hybridized carbons (Fsp3) is 0.667. The SMILES string of the molecule is C=CC1CCC(c2ccc(C3CCC(CCC4CCC(C5CO5)C(F)=C4F)CC3)c(F)c2F)CC1. The lowest BCUT2D eigenvalue weighted by atomic mass is 9.74. The molecule has 1 saturated heterocycles. The first-order valence-corrected chi connectivity index (χ1v) is 13.7. The van der Waals surface area contributed by atoms with Crippen LogP contribution in [-0.4, -0.2) is 12.7 Å². The van der Waals surface area contributed by atoms with E-state index in [0.717, 1.165) is 57.8 Å². The van der Waals surface area contributed by atoms with Gasteiger partial charge in [-0.25, -0.2) is 17.6 Å². The van der Waals surface area contributed by atoms with Gasteiger partial charge in [0.05, 0.1) is 12.7 Å². The van der Waals surface area contributed by atoms with Crippen LogP contribution >= 0.6 is 0 Å². The largest absolute Gasteiger partial charge is 0.372 e. The van der Waals surface area contributed by atoms with Crippen LogP contribution in [0.2, 0.25) is 0 Å². The monoisotopic (exact) mass is 490 g/mol. The van der Waals surface area contributed by atoms with Crippen LogP contribution in [0.25, 0.3) is 0 Å². The number of benzene rings is 1. The van der Waals surface area contributed by atoms with Crippen molar-refractivity contribution in [3.05, 3.63) is 59.2 Å². The summed E-state index contributed by atoms with van der Waals surface area (Å²) >= 11 is 0. The van der Waals surface area contributed by atoms with Crippen molar-refractivity contribution < 1.29 is 22.3 Å². The van der Waals surface area contributed by atoms with Crippen LogP contribution in [0.3, 0.4) is 0 Å². The van der Waals surface area contributed by atoms with E-state index in [-0.39, 0.29) is 29.8 Å². The van der Waals surface area contributed by atoms with Crippen molar-refractivity contribution in [2.24, 2.45) is 23.7 Å². The quantitative estimate of drug-likeness (QED) is 0.211. The minimum absolute atomic E-state index is 0.0364. The fourth-order valence-corrected chi connectivity index (χ4v) is 6.99. The van der Waals surface area contributed by atoms with Gasteiger partial charge in [-0.15, -0.1) is 6.58 Å². The first kappa shape index (κ1) is 25.0. The lowest BCUT2D eigenvalue weighted by Crippen LogP contribution is -2.21. The van der Waals surface area contributed by atoms with Gasteiger partial charge < -0.3 is 4.74 Å². The second-order valence-corrected chi connectivity index (χ2v) is 11.5. The predicted octanol–water partition coefficient (Wildman–Crippen LogP) is 9.05. The second kappa shape index (κ2) is 10.8. The molecule has 0 bridgehead atoms. The van der Waals surface area contributed by atoms with Crippen molar-refractivity contribution in [3.63, 3.8) is 0 Å². The van der Waals surface area contributed by atoms with Crippen LogP contribution in [0.1, 0.15) is 100 Å². The molecule has 1 heterocycles. The van der Waals surface area contributed by atoms with Crippen molar-refractivity contribution in [1.82, 2.24) is 0 Å². The molecule has 3 atom stereocenters. The molecule has 0 amide bonds. The lowest BCUT2D eigenvalue weighted by Gasteiger charge is -2.32. The van der Waals surface area contributed by atoms with Gasteiger partial charge in [0, 0.05) is 11.8 Å². The maximum absolute atomic E-state index is 15.1. The standard InChI is InChI=1S/C30H38F4O/c1-2-18-3-8-20(9-4-18)23-15-16-24(29(33)28(23)32)21-10-5-19(6-11-21)7-12-22-13-14-25(26-17-35-26)30(34)27(22)31/h2,15-16,18-22,25-26H,1,3-14,17H2. The summed E-state index contributed by atoms with van der Waals surface area (Å²) < 4.78 is 64.3. The van der Waals surface area contributed by atoms with E-state index < -0.39 is 23.3 Å². The van der Waals surface area contributed by atoms with Crippen LogP contribution < -0.4 is 0 Å². The maximum atomic E-state index is 15.1. The highest BCUT2D eigenvalue weighted by atomic mass is 19.2. The molecule has 35 heavy (non-hydrogen) atoms. The zero-order valence-electron chi connectivity index (χ0n) is 20.6. The Kier molecular flexibility index (Phi) is 7.72. The molecule has 3 fully saturated rings. The minimum Gasteiger partial charge on any atom is -0.372 e. The average molecular weight is 491 g/mol. The Morgan fingerprint density at radius 3 is 1.86 bits per heavy atom. The van der Waals surface area contributed by atoms with Crippen molar-refractivity contribution in [2.75, 3.05) is 6.61 Å². The molecular formula is C30H38F4O. The molecule has 1 nitrogen and oxygen atoms in total. The number of hydrogen-bond acceptors (Lipinski definition) is 1. The third kappa shape index (κ3) is 5.40. The van der Waals surface area contributed by atoms with Crippen molar-refractivity contribution >= 4 is 0 Å². The normalized spacial score (nSPS) is 35.7. The Morgan fingerprint density at radius 1 is 0.743 bits per heavy atom. The molecular weight excluding hydrogens is 452 g/mol. The van der Waals surface area contributed by atoms with Crippen LogP contribution in [0, 0.1) is 35.3 Å². The Hall–Kier alpha value is -1.62. The average Bonchev–Trinajstić information content (AvgIpc) is 3.72. The Bertz CT molecular complexity index is 936. The predicted molar refractivity (Wildman–Crippen MR) is 130 cm³/mol. The molecule has 4 aliphatic rings. The highest BCUT2D eigenvalue weighted by molar-refractivity contribution is 5.32. The first-order valence-electron chi connectivity index (χ1n) is 13.7. The topological polar surface area (TPSA) is 12.5 Å². The highest BCUT2D eigenvalue weighted by Crippen LogP contribution is 2.45. The van der Waals surface area contributed by atoms with Gasteiger partial charge in [-0.1, -0.05) is 18.2 Å². The number of allylic oxidation sites excluding steroid dienone is 2. The minimum atomic E-state index is -0.657. The maximum Gasteiger partial charge on any atom is 0.162 e. The molecule has 0 aromatic heterocycles. The van der Waals surface area contributed by atoms with E-state index in [2.05, 4.69) is 6.58 Å². The fourth-order valence-electron chi connectivity index (χ4n) is 6.99. The van der Waals surface area contributed by atoms with Crippen LogP contribution in [-0.2, 0) is 4.74 Å². The van der Waals surface area contributed by atoms with Crippen LogP contribution in [0.15, 0.2) is 36.4 Å². The summed E-state index contributed by atoms with van der Waals surface area (Å²) in [4.78, 5) is 0. The Balaban J connectivity index is 1.13. The summed E-state index contributed by atoms with van der Waals surface area (Å²) in [5.74, 6) is -2.08. The van der Waals surface area contributed by atoms with Crippen LogP contribution in [0.4, 0.5) is 17.6 Å². The molecule has 0 radical (unpaired) electrons. The van der Waals surface area contributed by atoms with E-state index in [9.17, 15) is 8.78 Å². The summed E-state index contributed by atoms with van der Waals surface area (Å²) in [7, 11) is 0. The van der Waals surface area contributed by atoms with E-state index >= 15 is 8.78 Å². The van der Waals surface area contributed by atoms with Gasteiger partial charge in [0.15, 0.2) is 11.6 Å². The third-order valence-electron chi connectivity index (χ3n) is 9.44. The van der Waals surface area contributed by atoms with Gasteiger partial charge in [-0.3, -0.25) is 0 Å². The van der Waals surface area contributed by atoms with E-state index in [0.29, 0.717) is 48.8 Å². The van der Waals surface area contributed by atoms with Crippen molar-refractivity contribution in [1.29, 1.82) is 0 Å². The first-order chi connectivity index (χ1) is 17.0. The molecule has 1 aromatic rings. The van der Waals surface area contributed by atoms with Crippen molar-refractivity contribution in [2.45, 2.75) is 95.0 Å². The molecule has 5 heteroatoms. The van der Waals surface area contributed by atoms with Gasteiger partial charge in [0.2, 0.25) is 0 Å². The number of halogens is 4. The summed E-state index contributed by atoms with van der Waals surface area (Å²) in [5.41, 5.74) is 1.05. The Labute approximate surface area is 207 Å².